The van der Waals surface area contributed by atoms with E-state index in [1.54, 1.807) is 23.1 Å². The number of anilines is 4. The van der Waals surface area contributed by atoms with Crippen LogP contribution >= 0.6 is 11.6 Å². The highest BCUT2D eigenvalue weighted by molar-refractivity contribution is 6.32. The fraction of sp³-hybridized carbons (Fsp3) is 0.375. The van der Waals surface area contributed by atoms with E-state index in [1.165, 1.54) is 13.1 Å². The van der Waals surface area contributed by atoms with Crippen molar-refractivity contribution in [2.75, 3.05) is 30.3 Å². The van der Waals surface area contributed by atoms with E-state index in [0.717, 1.165) is 29.7 Å². The third kappa shape index (κ3) is 6.09. The maximum Gasteiger partial charge on any atom is 0.241 e. The molecule has 2 aromatic heterocycles. The van der Waals surface area contributed by atoms with Crippen molar-refractivity contribution in [1.29, 1.82) is 0 Å². The number of carbonyl (C=O) groups is 2. The van der Waals surface area contributed by atoms with E-state index in [1.807, 2.05) is 13.8 Å². The number of amides is 2. The van der Waals surface area contributed by atoms with Gasteiger partial charge >= 0.3 is 0 Å². The predicted molar refractivity (Wildman–Crippen MR) is 135 cm³/mol. The molecule has 3 aromatic rings. The number of benzene rings is 1. The standard InChI is InChI=1S/C24H28ClFN8O2/c1-13-8-20(29-24-28-11-18(25)23(31-24)30-21-9-14(2)32-33-21)19(26)10-17(13)16-4-6-34(7-5-16)22(36)12-27-15(3)35/h8-11,16H,4-7,12H2,1-3H3,(H,27,35)(H3,28,29,30,31,32,33). The number of aromatic nitrogens is 4. The van der Waals surface area contributed by atoms with Gasteiger partial charge in [0.2, 0.25) is 17.8 Å². The Morgan fingerprint density at radius 3 is 2.61 bits per heavy atom. The number of piperidine rings is 1. The Morgan fingerprint density at radius 2 is 1.94 bits per heavy atom. The molecule has 0 atom stereocenters. The average Bonchev–Trinajstić information content (AvgIpc) is 3.26. The molecule has 0 bridgehead atoms. The third-order valence-electron chi connectivity index (χ3n) is 6.07. The Hall–Kier alpha value is -3.73. The number of halogens is 2. The zero-order valence-electron chi connectivity index (χ0n) is 20.3. The Morgan fingerprint density at radius 1 is 1.19 bits per heavy atom. The molecule has 3 heterocycles. The number of hydrogen-bond donors (Lipinski definition) is 4. The zero-order valence-corrected chi connectivity index (χ0v) is 21.0. The van der Waals surface area contributed by atoms with Crippen molar-refractivity contribution < 1.29 is 14.0 Å². The Balaban J connectivity index is 1.43. The summed E-state index contributed by atoms with van der Waals surface area (Å²) in [5.41, 5.74) is 2.98. The molecule has 1 aliphatic rings. The van der Waals surface area contributed by atoms with E-state index in [-0.39, 0.29) is 35.9 Å². The number of nitrogens with zero attached hydrogens (tertiary/aromatic N) is 4. The summed E-state index contributed by atoms with van der Waals surface area (Å²) >= 11 is 6.21. The van der Waals surface area contributed by atoms with Crippen LogP contribution in [0.2, 0.25) is 5.02 Å². The molecule has 0 saturated carbocycles. The second-order valence-electron chi connectivity index (χ2n) is 8.83. The van der Waals surface area contributed by atoms with Crippen molar-refractivity contribution in [3.05, 3.63) is 52.1 Å². The summed E-state index contributed by atoms with van der Waals surface area (Å²) in [6.07, 6.45) is 2.88. The van der Waals surface area contributed by atoms with Gasteiger partial charge in [-0.25, -0.2) is 9.37 Å². The lowest BCUT2D eigenvalue weighted by atomic mass is 9.86. The Bertz CT molecular complexity index is 1270. The van der Waals surface area contributed by atoms with Crippen LogP contribution in [0.15, 0.2) is 24.4 Å². The maximum absolute atomic E-state index is 15.1. The molecular formula is C24H28ClFN8O2. The van der Waals surface area contributed by atoms with Crippen LogP contribution in [0.4, 0.5) is 27.7 Å². The molecule has 4 rings (SSSR count). The summed E-state index contributed by atoms with van der Waals surface area (Å²) in [7, 11) is 0. The summed E-state index contributed by atoms with van der Waals surface area (Å²) in [5, 5.41) is 15.7. The molecule has 1 aromatic carbocycles. The van der Waals surface area contributed by atoms with E-state index in [0.29, 0.717) is 29.7 Å². The Labute approximate surface area is 213 Å². The second-order valence-corrected chi connectivity index (χ2v) is 9.24. The van der Waals surface area contributed by atoms with Crippen molar-refractivity contribution in [2.45, 2.75) is 39.5 Å². The first-order valence-corrected chi connectivity index (χ1v) is 12.0. The van der Waals surface area contributed by atoms with Crippen LogP contribution in [-0.2, 0) is 9.59 Å². The van der Waals surface area contributed by atoms with Gasteiger partial charge < -0.3 is 20.9 Å². The zero-order chi connectivity index (χ0) is 25.8. The summed E-state index contributed by atoms with van der Waals surface area (Å²) < 4.78 is 15.1. The lowest BCUT2D eigenvalue weighted by Crippen LogP contribution is -2.43. The molecule has 10 nitrogen and oxygen atoms in total. The minimum atomic E-state index is -0.421. The van der Waals surface area contributed by atoms with Crippen molar-refractivity contribution in [3.63, 3.8) is 0 Å². The highest BCUT2D eigenvalue weighted by atomic mass is 35.5. The quantitative estimate of drug-likeness (QED) is 0.376. The number of nitrogens with one attached hydrogen (secondary N) is 4. The molecule has 0 spiro atoms. The van der Waals surface area contributed by atoms with Gasteiger partial charge in [-0.15, -0.1) is 0 Å². The first-order valence-electron chi connectivity index (χ1n) is 11.6. The van der Waals surface area contributed by atoms with Crippen molar-refractivity contribution in [2.24, 2.45) is 0 Å². The third-order valence-corrected chi connectivity index (χ3v) is 6.35. The van der Waals surface area contributed by atoms with Crippen LogP contribution in [0.5, 0.6) is 0 Å². The monoisotopic (exact) mass is 514 g/mol. The minimum Gasteiger partial charge on any atom is -0.347 e. The van der Waals surface area contributed by atoms with Crippen LogP contribution in [-0.4, -0.2) is 56.5 Å². The number of carbonyl (C=O) groups excluding carboxylic acids is 2. The van der Waals surface area contributed by atoms with Gasteiger partial charge in [-0.3, -0.25) is 14.7 Å². The van der Waals surface area contributed by atoms with Crippen LogP contribution in [0.1, 0.15) is 42.5 Å². The fourth-order valence-corrected chi connectivity index (χ4v) is 4.36. The summed E-state index contributed by atoms with van der Waals surface area (Å²) in [5.74, 6) is 0.454. The molecule has 0 unspecified atom stereocenters. The minimum absolute atomic E-state index is 0.000627. The van der Waals surface area contributed by atoms with Crippen molar-refractivity contribution >= 4 is 46.7 Å². The molecular weight excluding hydrogens is 487 g/mol. The number of aryl methyl sites for hydroxylation is 2. The van der Waals surface area contributed by atoms with Crippen molar-refractivity contribution in [1.82, 2.24) is 30.4 Å². The van der Waals surface area contributed by atoms with E-state index in [4.69, 9.17) is 11.6 Å². The largest absolute Gasteiger partial charge is 0.347 e. The SMILES string of the molecule is CC(=O)NCC(=O)N1CCC(c2cc(F)c(Nc3ncc(Cl)c(Nc4cc(C)[nH]n4)n3)cc2C)CC1. The highest BCUT2D eigenvalue weighted by Crippen LogP contribution is 2.34. The lowest BCUT2D eigenvalue weighted by Gasteiger charge is -2.33. The van der Waals surface area contributed by atoms with Gasteiger partial charge in [0.05, 0.1) is 18.4 Å². The predicted octanol–water partition coefficient (Wildman–Crippen LogP) is 3.94. The van der Waals surface area contributed by atoms with E-state index < -0.39 is 5.82 Å². The fourth-order valence-electron chi connectivity index (χ4n) is 4.22. The molecule has 1 aliphatic heterocycles. The first-order chi connectivity index (χ1) is 17.2. The lowest BCUT2D eigenvalue weighted by molar-refractivity contribution is -0.133. The van der Waals surface area contributed by atoms with E-state index in [9.17, 15) is 9.59 Å². The van der Waals surface area contributed by atoms with E-state index in [2.05, 4.69) is 36.1 Å². The average molecular weight is 515 g/mol. The molecule has 0 aliphatic carbocycles. The van der Waals surface area contributed by atoms with Gasteiger partial charge in [0.25, 0.3) is 0 Å². The van der Waals surface area contributed by atoms with Gasteiger partial charge in [0.1, 0.15) is 10.8 Å². The molecule has 36 heavy (non-hydrogen) atoms. The first kappa shape index (κ1) is 25.4. The molecule has 1 fully saturated rings. The molecule has 0 radical (unpaired) electrons. The van der Waals surface area contributed by atoms with Gasteiger partial charge in [0.15, 0.2) is 11.6 Å². The molecule has 190 valence electrons. The normalized spacial score (nSPS) is 14.0. The van der Waals surface area contributed by atoms with Crippen LogP contribution in [0, 0.1) is 19.7 Å². The van der Waals surface area contributed by atoms with Gasteiger partial charge in [0, 0.05) is 31.8 Å². The Kier molecular flexibility index (Phi) is 7.68. The number of aromatic amines is 1. The second kappa shape index (κ2) is 10.9. The molecule has 12 heteroatoms. The van der Waals surface area contributed by atoms with Gasteiger partial charge in [-0.2, -0.15) is 10.1 Å². The highest BCUT2D eigenvalue weighted by Gasteiger charge is 2.25. The smallest absolute Gasteiger partial charge is 0.241 e. The summed E-state index contributed by atoms with van der Waals surface area (Å²) in [6.45, 7) is 6.32. The number of hydrogen-bond acceptors (Lipinski definition) is 7. The summed E-state index contributed by atoms with van der Waals surface area (Å²) in [4.78, 5) is 33.5. The van der Waals surface area contributed by atoms with E-state index >= 15 is 4.39 Å². The molecule has 4 N–H and O–H groups in total. The number of likely N-dealkylation sites (tertiary alicyclic amines) is 1. The van der Waals surface area contributed by atoms with Crippen LogP contribution in [0.25, 0.3) is 0 Å². The van der Waals surface area contributed by atoms with Gasteiger partial charge in [-0.1, -0.05) is 11.6 Å². The molecule has 2 amide bonds. The maximum atomic E-state index is 15.1. The molecule has 1 saturated heterocycles. The van der Waals surface area contributed by atoms with Crippen LogP contribution < -0.4 is 16.0 Å². The van der Waals surface area contributed by atoms with Crippen molar-refractivity contribution in [3.8, 4) is 0 Å². The summed E-state index contributed by atoms with van der Waals surface area (Å²) in [6, 6.07) is 5.08. The topological polar surface area (TPSA) is 128 Å². The van der Waals surface area contributed by atoms with Crippen LogP contribution in [0.3, 0.4) is 0 Å². The number of rotatable bonds is 7. The van der Waals surface area contributed by atoms with Gasteiger partial charge in [-0.05, 0) is 55.9 Å². The number of H-pyrrole nitrogens is 1.